The normalized spacial score (nSPS) is 23.9. The van der Waals surface area contributed by atoms with Crippen molar-refractivity contribution in [2.75, 3.05) is 6.61 Å². The molecule has 1 amide bonds. The third kappa shape index (κ3) is 3.20. The minimum Gasteiger partial charge on any atom is -0.442 e. The third-order valence-corrected chi connectivity index (χ3v) is 3.01. The zero-order valence-electron chi connectivity index (χ0n) is 9.80. The Hall–Kier alpha value is -1.55. The second-order valence-electron chi connectivity index (χ2n) is 4.39. The number of hydrogen-bond acceptors (Lipinski definition) is 3. The zero-order chi connectivity index (χ0) is 12.3. The van der Waals surface area contributed by atoms with Crippen LogP contribution < -0.4 is 5.32 Å². The van der Waals surface area contributed by atoms with Crippen molar-refractivity contribution in [1.29, 1.82) is 0 Å². The van der Waals surface area contributed by atoms with Gasteiger partial charge < -0.3 is 15.2 Å². The lowest BCUT2D eigenvalue weighted by Gasteiger charge is -2.14. The van der Waals surface area contributed by atoms with E-state index in [-0.39, 0.29) is 24.7 Å². The maximum atomic E-state index is 11.5. The second kappa shape index (κ2) is 5.19. The van der Waals surface area contributed by atoms with Crippen LogP contribution in [0.3, 0.4) is 0 Å². The number of aliphatic hydroxyl groups is 1. The molecule has 0 heterocycles. The SMILES string of the molecule is C[C@H](OC(=O)N[C@H]1C[C@H]1CO)c1ccccc1. The van der Waals surface area contributed by atoms with Crippen LogP contribution in [0, 0.1) is 5.92 Å². The number of carbonyl (C=O) groups excluding carboxylic acids is 1. The lowest BCUT2D eigenvalue weighted by molar-refractivity contribution is 0.106. The molecule has 1 fully saturated rings. The van der Waals surface area contributed by atoms with E-state index in [1.807, 2.05) is 37.3 Å². The summed E-state index contributed by atoms with van der Waals surface area (Å²) < 4.78 is 5.25. The van der Waals surface area contributed by atoms with Crippen LogP contribution in [0.4, 0.5) is 4.79 Å². The number of alkyl carbamates (subject to hydrolysis) is 1. The van der Waals surface area contributed by atoms with Gasteiger partial charge in [-0.2, -0.15) is 0 Å². The molecule has 1 aliphatic carbocycles. The molecule has 17 heavy (non-hydrogen) atoms. The van der Waals surface area contributed by atoms with Crippen LogP contribution in [-0.2, 0) is 4.74 Å². The van der Waals surface area contributed by atoms with Crippen molar-refractivity contribution in [2.45, 2.75) is 25.5 Å². The minimum atomic E-state index is -0.415. The Balaban J connectivity index is 1.79. The van der Waals surface area contributed by atoms with Crippen molar-refractivity contribution < 1.29 is 14.6 Å². The van der Waals surface area contributed by atoms with E-state index in [4.69, 9.17) is 9.84 Å². The summed E-state index contributed by atoms with van der Waals surface area (Å²) >= 11 is 0. The minimum absolute atomic E-state index is 0.0791. The zero-order valence-corrected chi connectivity index (χ0v) is 9.80. The first kappa shape index (κ1) is 11.9. The molecule has 1 aromatic carbocycles. The van der Waals surface area contributed by atoms with E-state index < -0.39 is 6.09 Å². The number of benzene rings is 1. The van der Waals surface area contributed by atoms with Gasteiger partial charge in [-0.25, -0.2) is 4.79 Å². The highest BCUT2D eigenvalue weighted by Gasteiger charge is 2.38. The van der Waals surface area contributed by atoms with Crippen LogP contribution in [0.25, 0.3) is 0 Å². The van der Waals surface area contributed by atoms with Gasteiger partial charge in [-0.1, -0.05) is 30.3 Å². The lowest BCUT2D eigenvalue weighted by atomic mass is 10.1. The third-order valence-electron chi connectivity index (χ3n) is 3.01. The molecule has 0 spiro atoms. The summed E-state index contributed by atoms with van der Waals surface area (Å²) in [5.74, 6) is 0.203. The first-order valence-corrected chi connectivity index (χ1v) is 5.83. The van der Waals surface area contributed by atoms with Gasteiger partial charge in [0, 0.05) is 18.6 Å². The smallest absolute Gasteiger partial charge is 0.407 e. The van der Waals surface area contributed by atoms with Gasteiger partial charge in [0.1, 0.15) is 6.10 Å². The molecular formula is C13H17NO3. The number of aliphatic hydroxyl groups excluding tert-OH is 1. The van der Waals surface area contributed by atoms with E-state index in [0.29, 0.717) is 0 Å². The molecule has 0 aliphatic heterocycles. The average molecular weight is 235 g/mol. The molecule has 1 saturated carbocycles. The highest BCUT2D eigenvalue weighted by Crippen LogP contribution is 2.29. The maximum absolute atomic E-state index is 11.5. The van der Waals surface area contributed by atoms with Crippen molar-refractivity contribution >= 4 is 6.09 Å². The lowest BCUT2D eigenvalue weighted by Crippen LogP contribution is -2.28. The highest BCUT2D eigenvalue weighted by atomic mass is 16.6. The highest BCUT2D eigenvalue weighted by molar-refractivity contribution is 5.68. The van der Waals surface area contributed by atoms with Crippen molar-refractivity contribution in [3.8, 4) is 0 Å². The Kier molecular flexibility index (Phi) is 3.64. The van der Waals surface area contributed by atoms with E-state index in [1.54, 1.807) is 0 Å². The summed E-state index contributed by atoms with van der Waals surface area (Å²) in [6.07, 6.45) is 0.163. The molecule has 0 aromatic heterocycles. The van der Waals surface area contributed by atoms with Crippen LogP contribution in [0.1, 0.15) is 25.0 Å². The molecule has 3 atom stereocenters. The van der Waals surface area contributed by atoms with Crippen LogP contribution >= 0.6 is 0 Å². The number of amides is 1. The summed E-state index contributed by atoms with van der Waals surface area (Å²) in [5, 5.41) is 11.6. The summed E-state index contributed by atoms with van der Waals surface area (Å²) in [5.41, 5.74) is 0.970. The Morgan fingerprint density at radius 3 is 2.82 bits per heavy atom. The Labute approximate surface area is 101 Å². The summed E-state index contributed by atoms with van der Waals surface area (Å²) in [4.78, 5) is 11.5. The molecule has 0 unspecified atom stereocenters. The molecule has 4 heteroatoms. The van der Waals surface area contributed by atoms with Crippen molar-refractivity contribution in [2.24, 2.45) is 5.92 Å². The molecule has 0 bridgehead atoms. The molecule has 1 aromatic rings. The van der Waals surface area contributed by atoms with Gasteiger partial charge in [0.15, 0.2) is 0 Å². The Bertz CT molecular complexity index is 380. The van der Waals surface area contributed by atoms with Crippen LogP contribution in [-0.4, -0.2) is 23.8 Å². The monoisotopic (exact) mass is 235 g/mol. The molecule has 2 rings (SSSR count). The van der Waals surface area contributed by atoms with E-state index >= 15 is 0 Å². The van der Waals surface area contributed by atoms with Crippen molar-refractivity contribution in [3.05, 3.63) is 35.9 Å². The number of rotatable bonds is 4. The number of nitrogens with one attached hydrogen (secondary N) is 1. The number of ether oxygens (including phenoxy) is 1. The maximum Gasteiger partial charge on any atom is 0.407 e. The van der Waals surface area contributed by atoms with Crippen molar-refractivity contribution in [1.82, 2.24) is 5.32 Å². The van der Waals surface area contributed by atoms with E-state index in [1.165, 1.54) is 0 Å². The van der Waals surface area contributed by atoms with Crippen LogP contribution in [0.15, 0.2) is 30.3 Å². The van der Waals surface area contributed by atoms with Gasteiger partial charge in [0.05, 0.1) is 0 Å². The van der Waals surface area contributed by atoms with Gasteiger partial charge in [-0.15, -0.1) is 0 Å². The fourth-order valence-corrected chi connectivity index (χ4v) is 1.76. The largest absolute Gasteiger partial charge is 0.442 e. The molecular weight excluding hydrogens is 218 g/mol. The summed E-state index contributed by atoms with van der Waals surface area (Å²) in [7, 11) is 0. The van der Waals surface area contributed by atoms with Gasteiger partial charge in [-0.3, -0.25) is 0 Å². The van der Waals surface area contributed by atoms with E-state index in [2.05, 4.69) is 5.32 Å². The molecule has 0 radical (unpaired) electrons. The van der Waals surface area contributed by atoms with Gasteiger partial charge in [0.25, 0.3) is 0 Å². The summed E-state index contributed by atoms with van der Waals surface area (Å²) in [6.45, 7) is 1.96. The first-order valence-electron chi connectivity index (χ1n) is 5.83. The fourth-order valence-electron chi connectivity index (χ4n) is 1.76. The number of carbonyl (C=O) groups is 1. The van der Waals surface area contributed by atoms with Crippen molar-refractivity contribution in [3.63, 3.8) is 0 Å². The molecule has 92 valence electrons. The predicted octanol–water partition coefficient (Wildman–Crippen LogP) is 1.85. The van der Waals surface area contributed by atoms with E-state index in [9.17, 15) is 4.79 Å². The van der Waals surface area contributed by atoms with Gasteiger partial charge in [0.2, 0.25) is 0 Å². The first-order chi connectivity index (χ1) is 8.20. The Morgan fingerprint density at radius 1 is 1.53 bits per heavy atom. The quantitative estimate of drug-likeness (QED) is 0.837. The topological polar surface area (TPSA) is 58.6 Å². The molecule has 1 aliphatic rings. The van der Waals surface area contributed by atoms with Crippen LogP contribution in [0.5, 0.6) is 0 Å². The standard InChI is InChI=1S/C13H17NO3/c1-9(10-5-3-2-4-6-10)17-13(16)14-12-7-11(12)8-15/h2-6,9,11-12,15H,7-8H2,1H3,(H,14,16)/t9-,11-,12-/m0/s1. The summed E-state index contributed by atoms with van der Waals surface area (Å²) in [6, 6.07) is 9.67. The molecule has 2 N–H and O–H groups in total. The van der Waals surface area contributed by atoms with Gasteiger partial charge in [-0.05, 0) is 18.9 Å². The average Bonchev–Trinajstić information content (AvgIpc) is 3.08. The van der Waals surface area contributed by atoms with Crippen LogP contribution in [0.2, 0.25) is 0 Å². The molecule has 4 nitrogen and oxygen atoms in total. The second-order valence-corrected chi connectivity index (χ2v) is 4.39. The predicted molar refractivity (Wildman–Crippen MR) is 63.5 cm³/mol. The fraction of sp³-hybridized carbons (Fsp3) is 0.462. The Morgan fingerprint density at radius 2 is 2.24 bits per heavy atom. The number of hydrogen-bond donors (Lipinski definition) is 2. The van der Waals surface area contributed by atoms with E-state index in [0.717, 1.165) is 12.0 Å². The van der Waals surface area contributed by atoms with Gasteiger partial charge >= 0.3 is 6.09 Å². The molecule has 0 saturated heterocycles.